The van der Waals surface area contributed by atoms with E-state index in [1.807, 2.05) is 23.6 Å². The van der Waals surface area contributed by atoms with Crippen molar-refractivity contribution in [1.29, 1.82) is 0 Å². The number of halogens is 1. The molecule has 3 heterocycles. The zero-order valence-corrected chi connectivity index (χ0v) is 15.2. The van der Waals surface area contributed by atoms with Gasteiger partial charge in [0.1, 0.15) is 11.5 Å². The molecule has 4 aromatic rings. The average molecular weight is 382 g/mol. The fraction of sp³-hybridized carbons (Fsp3) is 0.158. The number of aliphatic hydroxyl groups is 1. The van der Waals surface area contributed by atoms with E-state index in [0.29, 0.717) is 17.9 Å². The molecule has 0 aliphatic carbocycles. The summed E-state index contributed by atoms with van der Waals surface area (Å²) in [5.41, 5.74) is 8.82. The largest absolute Gasteiger partial charge is 0.395 e. The third-order valence-electron chi connectivity index (χ3n) is 4.07. The quantitative estimate of drug-likeness (QED) is 0.523. The molecule has 3 N–H and O–H groups in total. The van der Waals surface area contributed by atoms with Crippen LogP contribution in [0.5, 0.6) is 0 Å². The molecule has 0 saturated carbocycles. The topological polar surface area (TPSA) is 111 Å². The molecule has 0 unspecified atom stereocenters. The van der Waals surface area contributed by atoms with Crippen molar-refractivity contribution in [3.05, 3.63) is 60.4 Å². The summed E-state index contributed by atoms with van der Waals surface area (Å²) >= 11 is 0. The van der Waals surface area contributed by atoms with E-state index >= 15 is 0 Å². The van der Waals surface area contributed by atoms with Gasteiger partial charge < -0.3 is 15.4 Å². The maximum atomic E-state index is 13.3. The van der Waals surface area contributed by atoms with Crippen molar-refractivity contribution in [2.75, 3.05) is 6.61 Å². The Balaban J connectivity index is 0.000000706. The monoisotopic (exact) mass is 382 g/mol. The lowest BCUT2D eigenvalue weighted by atomic mass is 10.1. The number of nitrogens with two attached hydrogens (primary N) is 1. The van der Waals surface area contributed by atoms with E-state index in [0.717, 1.165) is 22.6 Å². The molecular formula is C19H19FN6O2. The summed E-state index contributed by atoms with van der Waals surface area (Å²) in [5.74, 6) is -0.298. The van der Waals surface area contributed by atoms with Gasteiger partial charge in [-0.15, -0.1) is 0 Å². The standard InChI is InChI=1S/C18H16FN5O.CH3NO/c1-12-10-20-16-7-6-15(22-24(12)16)18-17(21-11-23(18)8-9-25)13-2-4-14(19)5-3-13;2-1-3/h2-7,10-11,25H,8-9H2,1H3;1H,(H2,2,3). The van der Waals surface area contributed by atoms with Gasteiger partial charge in [-0.25, -0.2) is 18.9 Å². The molecule has 28 heavy (non-hydrogen) atoms. The highest BCUT2D eigenvalue weighted by molar-refractivity contribution is 5.77. The number of fused-ring (bicyclic) bond motifs is 1. The molecule has 0 aliphatic heterocycles. The van der Waals surface area contributed by atoms with Crippen LogP contribution in [0, 0.1) is 12.7 Å². The van der Waals surface area contributed by atoms with Gasteiger partial charge >= 0.3 is 0 Å². The van der Waals surface area contributed by atoms with Gasteiger partial charge in [0, 0.05) is 12.1 Å². The summed E-state index contributed by atoms with van der Waals surface area (Å²) in [6.07, 6.45) is 3.68. The molecule has 3 aromatic heterocycles. The number of carbonyl (C=O) groups excluding carboxylic acids is 1. The molecule has 0 atom stereocenters. The predicted octanol–water partition coefficient (Wildman–Crippen LogP) is 1.80. The van der Waals surface area contributed by atoms with Gasteiger partial charge in [0.15, 0.2) is 5.65 Å². The van der Waals surface area contributed by atoms with Crippen molar-refractivity contribution in [3.63, 3.8) is 0 Å². The minimum Gasteiger partial charge on any atom is -0.395 e. The van der Waals surface area contributed by atoms with Crippen LogP contribution in [0.4, 0.5) is 4.39 Å². The fourth-order valence-electron chi connectivity index (χ4n) is 2.86. The maximum absolute atomic E-state index is 13.3. The Morgan fingerprint density at radius 3 is 2.57 bits per heavy atom. The first-order valence-electron chi connectivity index (χ1n) is 8.48. The minimum atomic E-state index is -0.298. The number of amides is 1. The Morgan fingerprint density at radius 1 is 1.18 bits per heavy atom. The van der Waals surface area contributed by atoms with E-state index in [9.17, 15) is 9.50 Å². The lowest BCUT2D eigenvalue weighted by Crippen LogP contribution is -2.05. The number of imidazole rings is 2. The summed E-state index contributed by atoms with van der Waals surface area (Å²) in [6, 6.07) is 9.94. The lowest BCUT2D eigenvalue weighted by molar-refractivity contribution is -0.106. The molecule has 0 spiro atoms. The Labute approximate surface area is 160 Å². The number of carbonyl (C=O) groups is 1. The Morgan fingerprint density at radius 2 is 1.89 bits per heavy atom. The van der Waals surface area contributed by atoms with Crippen LogP contribution in [0.2, 0.25) is 0 Å². The number of benzene rings is 1. The Kier molecular flexibility index (Phi) is 5.75. The smallest absolute Gasteiger partial charge is 0.204 e. The van der Waals surface area contributed by atoms with Crippen LogP contribution in [0.3, 0.4) is 0 Å². The van der Waals surface area contributed by atoms with E-state index in [-0.39, 0.29) is 18.8 Å². The molecule has 0 fully saturated rings. The zero-order chi connectivity index (χ0) is 20.1. The zero-order valence-electron chi connectivity index (χ0n) is 15.2. The van der Waals surface area contributed by atoms with Gasteiger partial charge in [-0.1, -0.05) is 0 Å². The van der Waals surface area contributed by atoms with Crippen molar-refractivity contribution in [2.24, 2.45) is 5.73 Å². The Hall–Kier alpha value is -3.59. The van der Waals surface area contributed by atoms with Gasteiger partial charge in [0.05, 0.1) is 36.2 Å². The summed E-state index contributed by atoms with van der Waals surface area (Å²) in [6.45, 7) is 2.31. The highest BCUT2D eigenvalue weighted by atomic mass is 19.1. The number of aromatic nitrogens is 5. The van der Waals surface area contributed by atoms with Crippen LogP contribution in [-0.4, -0.2) is 42.3 Å². The third kappa shape index (κ3) is 3.74. The minimum absolute atomic E-state index is 0.0153. The van der Waals surface area contributed by atoms with Crippen molar-refractivity contribution >= 4 is 12.1 Å². The highest BCUT2D eigenvalue weighted by Gasteiger charge is 2.17. The predicted molar refractivity (Wildman–Crippen MR) is 102 cm³/mol. The first kappa shape index (κ1) is 19.2. The van der Waals surface area contributed by atoms with Crippen LogP contribution < -0.4 is 5.73 Å². The third-order valence-corrected chi connectivity index (χ3v) is 4.07. The van der Waals surface area contributed by atoms with Crippen molar-refractivity contribution in [1.82, 2.24) is 24.1 Å². The molecule has 8 nitrogen and oxygen atoms in total. The SMILES string of the molecule is Cc1cnc2ccc(-c3c(-c4ccc(F)cc4)ncn3CCO)nn12.NC=O. The van der Waals surface area contributed by atoms with Crippen LogP contribution >= 0.6 is 0 Å². The number of hydrogen-bond acceptors (Lipinski definition) is 5. The molecule has 144 valence electrons. The van der Waals surface area contributed by atoms with Crippen LogP contribution in [0.25, 0.3) is 28.3 Å². The summed E-state index contributed by atoms with van der Waals surface area (Å²) in [4.78, 5) is 17.3. The van der Waals surface area contributed by atoms with Gasteiger partial charge in [0.25, 0.3) is 0 Å². The maximum Gasteiger partial charge on any atom is 0.204 e. The summed E-state index contributed by atoms with van der Waals surface area (Å²) in [5, 5.41) is 14.0. The molecule has 1 amide bonds. The fourth-order valence-corrected chi connectivity index (χ4v) is 2.86. The van der Waals surface area contributed by atoms with Crippen LogP contribution in [-0.2, 0) is 11.3 Å². The van der Waals surface area contributed by atoms with Crippen LogP contribution in [0.1, 0.15) is 5.69 Å². The van der Waals surface area contributed by atoms with Gasteiger partial charge in [0.2, 0.25) is 6.41 Å². The molecule has 1 aromatic carbocycles. The van der Waals surface area contributed by atoms with Gasteiger partial charge in [-0.2, -0.15) is 5.10 Å². The highest BCUT2D eigenvalue weighted by Crippen LogP contribution is 2.30. The molecule has 0 radical (unpaired) electrons. The number of nitrogens with zero attached hydrogens (tertiary/aromatic N) is 5. The second kappa shape index (κ2) is 8.40. The average Bonchev–Trinajstić information content (AvgIpc) is 3.27. The Bertz CT molecular complexity index is 1090. The second-order valence-electron chi connectivity index (χ2n) is 5.89. The van der Waals surface area contributed by atoms with Crippen molar-refractivity contribution in [2.45, 2.75) is 13.5 Å². The first-order chi connectivity index (χ1) is 13.6. The number of aliphatic hydroxyl groups excluding tert-OH is 1. The van der Waals surface area contributed by atoms with E-state index in [1.54, 1.807) is 29.2 Å². The number of hydrogen-bond donors (Lipinski definition) is 2. The molecule has 0 saturated heterocycles. The summed E-state index contributed by atoms with van der Waals surface area (Å²) < 4.78 is 16.9. The molecule has 9 heteroatoms. The van der Waals surface area contributed by atoms with Crippen molar-refractivity contribution in [3.8, 4) is 22.6 Å². The molecule has 0 aliphatic rings. The van der Waals surface area contributed by atoms with Gasteiger partial charge in [-0.05, 0) is 43.3 Å². The molecule has 4 rings (SSSR count). The van der Waals surface area contributed by atoms with E-state index in [4.69, 9.17) is 4.79 Å². The van der Waals surface area contributed by atoms with Crippen molar-refractivity contribution < 1.29 is 14.3 Å². The van der Waals surface area contributed by atoms with E-state index in [1.165, 1.54) is 12.1 Å². The lowest BCUT2D eigenvalue weighted by Gasteiger charge is -2.09. The summed E-state index contributed by atoms with van der Waals surface area (Å²) in [7, 11) is 0. The van der Waals surface area contributed by atoms with Crippen LogP contribution in [0.15, 0.2) is 48.9 Å². The number of primary amides is 1. The second-order valence-corrected chi connectivity index (χ2v) is 5.89. The molecule has 0 bridgehead atoms. The first-order valence-corrected chi connectivity index (χ1v) is 8.48. The number of aryl methyl sites for hydroxylation is 1. The van der Waals surface area contributed by atoms with E-state index < -0.39 is 0 Å². The normalized spacial score (nSPS) is 10.5. The van der Waals surface area contributed by atoms with E-state index in [2.05, 4.69) is 20.8 Å². The molecular weight excluding hydrogens is 363 g/mol. The number of rotatable bonds is 4. The van der Waals surface area contributed by atoms with Gasteiger partial charge in [-0.3, -0.25) is 4.79 Å².